The largest absolute Gasteiger partial charge is 0.487 e. The normalized spacial score (nSPS) is 16.9. The number of pyridine rings is 1. The highest BCUT2D eigenvalue weighted by atomic mass is 16.5. The van der Waals surface area contributed by atoms with Gasteiger partial charge in [0.25, 0.3) is 5.91 Å². The van der Waals surface area contributed by atoms with Crippen LogP contribution in [0.2, 0.25) is 0 Å². The molecule has 0 spiro atoms. The first kappa shape index (κ1) is 15.6. The van der Waals surface area contributed by atoms with Gasteiger partial charge in [-0.2, -0.15) is 5.10 Å². The summed E-state index contributed by atoms with van der Waals surface area (Å²) in [5.74, 6) is 0.566. The van der Waals surface area contributed by atoms with Gasteiger partial charge in [0.2, 0.25) is 0 Å². The number of rotatable bonds is 5. The van der Waals surface area contributed by atoms with Crippen molar-refractivity contribution in [2.24, 2.45) is 0 Å². The fraction of sp³-hybridized carbons (Fsp3) is 0.278. The van der Waals surface area contributed by atoms with E-state index in [1.807, 2.05) is 18.2 Å². The summed E-state index contributed by atoms with van der Waals surface area (Å²) < 4.78 is 6.01. The second-order valence-corrected chi connectivity index (χ2v) is 6.04. The van der Waals surface area contributed by atoms with E-state index in [4.69, 9.17) is 4.74 Å². The number of carbonyl (C=O) groups is 1. The van der Waals surface area contributed by atoms with Crippen LogP contribution in [0.1, 0.15) is 22.3 Å². The number of aromatic nitrogens is 3. The van der Waals surface area contributed by atoms with Gasteiger partial charge in [-0.3, -0.25) is 14.9 Å². The van der Waals surface area contributed by atoms with Crippen molar-refractivity contribution in [1.29, 1.82) is 0 Å². The van der Waals surface area contributed by atoms with E-state index in [0.717, 1.165) is 41.7 Å². The maximum atomic E-state index is 12.6. The van der Waals surface area contributed by atoms with Crippen LogP contribution in [-0.4, -0.2) is 40.3 Å². The van der Waals surface area contributed by atoms with E-state index in [2.05, 4.69) is 25.8 Å². The van der Waals surface area contributed by atoms with Crippen LogP contribution in [0.4, 0.5) is 0 Å². The summed E-state index contributed by atoms with van der Waals surface area (Å²) in [6.45, 7) is 2.18. The van der Waals surface area contributed by atoms with Crippen LogP contribution < -0.4 is 15.4 Å². The third-order valence-electron chi connectivity index (χ3n) is 4.34. The first-order valence-electron chi connectivity index (χ1n) is 8.32. The zero-order valence-corrected chi connectivity index (χ0v) is 13.7. The highest BCUT2D eigenvalue weighted by Gasteiger charge is 2.18. The molecule has 1 aliphatic rings. The van der Waals surface area contributed by atoms with E-state index >= 15 is 0 Å². The Morgan fingerprint density at radius 1 is 1.32 bits per heavy atom. The summed E-state index contributed by atoms with van der Waals surface area (Å²) >= 11 is 0. The molecule has 1 fully saturated rings. The Hall–Kier alpha value is -2.93. The number of hydrogen-bond donors (Lipinski definition) is 3. The van der Waals surface area contributed by atoms with E-state index in [1.54, 1.807) is 24.7 Å². The van der Waals surface area contributed by atoms with Crippen molar-refractivity contribution in [2.75, 3.05) is 13.1 Å². The van der Waals surface area contributed by atoms with Gasteiger partial charge >= 0.3 is 0 Å². The molecule has 1 amide bonds. The van der Waals surface area contributed by atoms with Crippen molar-refractivity contribution in [2.45, 2.75) is 19.1 Å². The monoisotopic (exact) mass is 337 g/mol. The molecule has 1 atom stereocenters. The van der Waals surface area contributed by atoms with Gasteiger partial charge < -0.3 is 15.4 Å². The van der Waals surface area contributed by atoms with Crippen LogP contribution >= 0.6 is 0 Å². The van der Waals surface area contributed by atoms with Crippen molar-refractivity contribution in [3.8, 4) is 5.75 Å². The minimum absolute atomic E-state index is 0.150. The van der Waals surface area contributed by atoms with Crippen LogP contribution in [0.15, 0.2) is 42.9 Å². The molecule has 3 heterocycles. The molecular formula is C18H19N5O2. The molecule has 2 aromatic heterocycles. The van der Waals surface area contributed by atoms with Crippen LogP contribution in [0.3, 0.4) is 0 Å². The van der Waals surface area contributed by atoms with Gasteiger partial charge in [0.1, 0.15) is 11.9 Å². The summed E-state index contributed by atoms with van der Waals surface area (Å²) in [7, 11) is 0. The molecule has 4 rings (SSSR count). The minimum atomic E-state index is -0.153. The molecule has 0 saturated carbocycles. The van der Waals surface area contributed by atoms with Gasteiger partial charge in [0.05, 0.1) is 23.5 Å². The van der Waals surface area contributed by atoms with Gasteiger partial charge in [-0.05, 0) is 25.1 Å². The summed E-state index contributed by atoms with van der Waals surface area (Å²) in [5.41, 5.74) is 2.22. The molecule has 0 aliphatic carbocycles. The molecular weight excluding hydrogens is 318 g/mol. The Labute approximate surface area is 144 Å². The minimum Gasteiger partial charge on any atom is -0.487 e. The van der Waals surface area contributed by atoms with Crippen molar-refractivity contribution >= 4 is 16.8 Å². The number of nitrogens with one attached hydrogen (secondary N) is 3. The van der Waals surface area contributed by atoms with Crippen LogP contribution in [0, 0.1) is 0 Å². The zero-order chi connectivity index (χ0) is 17.1. The van der Waals surface area contributed by atoms with Crippen molar-refractivity contribution < 1.29 is 9.53 Å². The first-order valence-corrected chi connectivity index (χ1v) is 8.32. The second kappa shape index (κ2) is 6.90. The molecule has 3 aromatic rings. The van der Waals surface area contributed by atoms with Crippen molar-refractivity contribution in [1.82, 2.24) is 25.8 Å². The molecule has 7 heteroatoms. The van der Waals surface area contributed by atoms with E-state index in [9.17, 15) is 4.79 Å². The van der Waals surface area contributed by atoms with Crippen LogP contribution in [-0.2, 0) is 6.54 Å². The summed E-state index contributed by atoms with van der Waals surface area (Å²) in [6, 6.07) is 7.42. The van der Waals surface area contributed by atoms with Gasteiger partial charge in [-0.15, -0.1) is 0 Å². The Bertz CT molecular complexity index is 886. The van der Waals surface area contributed by atoms with Gasteiger partial charge in [-0.25, -0.2) is 0 Å². The number of nitrogens with zero attached hydrogens (tertiary/aromatic N) is 2. The number of carbonyl (C=O) groups excluding carboxylic acids is 1. The number of ether oxygens (including phenoxy) is 1. The number of hydrogen-bond acceptors (Lipinski definition) is 5. The lowest BCUT2D eigenvalue weighted by molar-refractivity contribution is 0.0952. The SMILES string of the molecule is O=C(NCc1ccncc1O[C@H]1CCNC1)c1cccc2cn[nH]c12. The molecule has 25 heavy (non-hydrogen) atoms. The predicted molar refractivity (Wildman–Crippen MR) is 93.4 cm³/mol. The molecule has 1 aliphatic heterocycles. The van der Waals surface area contributed by atoms with E-state index < -0.39 is 0 Å². The van der Waals surface area contributed by atoms with Crippen LogP contribution in [0.25, 0.3) is 10.9 Å². The van der Waals surface area contributed by atoms with E-state index in [1.165, 1.54) is 0 Å². The maximum absolute atomic E-state index is 12.6. The molecule has 0 radical (unpaired) electrons. The number of para-hydroxylation sites is 1. The Morgan fingerprint density at radius 2 is 2.28 bits per heavy atom. The Morgan fingerprint density at radius 3 is 3.16 bits per heavy atom. The highest BCUT2D eigenvalue weighted by Crippen LogP contribution is 2.20. The van der Waals surface area contributed by atoms with Crippen molar-refractivity contribution in [3.05, 3.63) is 54.0 Å². The Kier molecular flexibility index (Phi) is 4.30. The third kappa shape index (κ3) is 3.32. The standard InChI is InChI=1S/C18H19N5O2/c24-18(15-3-1-2-13-9-22-23-17(13)15)21-8-12-4-6-20-11-16(12)25-14-5-7-19-10-14/h1-4,6,9,11,14,19H,5,7-8,10H2,(H,21,24)(H,22,23)/t14-/m0/s1. The Balaban J connectivity index is 1.47. The van der Waals surface area contributed by atoms with E-state index in [0.29, 0.717) is 12.1 Å². The summed E-state index contributed by atoms with van der Waals surface area (Å²) in [6.07, 6.45) is 6.24. The number of H-pyrrole nitrogens is 1. The molecule has 0 unspecified atom stereocenters. The zero-order valence-electron chi connectivity index (χ0n) is 13.7. The lowest BCUT2D eigenvalue weighted by Gasteiger charge is -2.16. The third-order valence-corrected chi connectivity index (χ3v) is 4.34. The first-order chi connectivity index (χ1) is 12.3. The fourth-order valence-electron chi connectivity index (χ4n) is 3.00. The number of fused-ring (bicyclic) bond motifs is 1. The molecule has 7 nitrogen and oxygen atoms in total. The number of aromatic amines is 1. The average molecular weight is 337 g/mol. The summed E-state index contributed by atoms with van der Waals surface area (Å²) in [4.78, 5) is 16.7. The quantitative estimate of drug-likeness (QED) is 0.658. The van der Waals surface area contributed by atoms with Gasteiger partial charge in [0.15, 0.2) is 0 Å². The molecule has 0 bridgehead atoms. The average Bonchev–Trinajstić information content (AvgIpc) is 3.31. The van der Waals surface area contributed by atoms with Gasteiger partial charge in [0, 0.05) is 30.2 Å². The maximum Gasteiger partial charge on any atom is 0.253 e. The lowest BCUT2D eigenvalue weighted by atomic mass is 10.1. The molecule has 128 valence electrons. The number of amides is 1. The molecule has 1 aromatic carbocycles. The highest BCUT2D eigenvalue weighted by molar-refractivity contribution is 6.05. The van der Waals surface area contributed by atoms with E-state index in [-0.39, 0.29) is 12.0 Å². The lowest BCUT2D eigenvalue weighted by Crippen LogP contribution is -2.25. The molecule has 1 saturated heterocycles. The van der Waals surface area contributed by atoms with Crippen LogP contribution in [0.5, 0.6) is 5.75 Å². The summed E-state index contributed by atoms with van der Waals surface area (Å²) in [5, 5.41) is 14.0. The smallest absolute Gasteiger partial charge is 0.253 e. The molecule has 3 N–H and O–H groups in total. The number of benzene rings is 1. The predicted octanol–water partition coefficient (Wildman–Crippen LogP) is 1.63. The van der Waals surface area contributed by atoms with Crippen molar-refractivity contribution in [3.63, 3.8) is 0 Å². The topological polar surface area (TPSA) is 91.9 Å². The fourth-order valence-corrected chi connectivity index (χ4v) is 3.00. The van der Waals surface area contributed by atoms with Gasteiger partial charge in [-0.1, -0.05) is 12.1 Å². The second-order valence-electron chi connectivity index (χ2n) is 6.04.